The zero-order chi connectivity index (χ0) is 9.14. The molecule has 0 spiro atoms. The molecule has 0 bridgehead atoms. The molecule has 0 N–H and O–H groups in total. The van der Waals surface area contributed by atoms with Gasteiger partial charge in [0.15, 0.2) is 0 Å². The second-order valence-corrected chi connectivity index (χ2v) is 4.12. The van der Waals surface area contributed by atoms with Gasteiger partial charge in [-0.05, 0) is 0 Å². The number of rotatable bonds is 2. The maximum atomic E-state index is 11.0. The lowest BCUT2D eigenvalue weighted by Gasteiger charge is -2.10. The number of nitrogens with zero attached hydrogens (tertiary/aromatic N) is 1. The first-order chi connectivity index (χ1) is 5.70. The second kappa shape index (κ2) is 4.09. The molecule has 1 aliphatic heterocycles. The molecule has 68 valence electrons. The van der Waals surface area contributed by atoms with Crippen LogP contribution in [-0.4, -0.2) is 35.5 Å². The monoisotopic (exact) mass is 209 g/mol. The summed E-state index contributed by atoms with van der Waals surface area (Å²) in [4.78, 5) is 21.3. The van der Waals surface area contributed by atoms with Crippen LogP contribution in [0.4, 0.5) is 0 Å². The van der Waals surface area contributed by atoms with Crippen molar-refractivity contribution < 1.29 is 9.53 Å². The Hall–Kier alpha value is -0.290. The van der Waals surface area contributed by atoms with Gasteiger partial charge in [0.25, 0.3) is 0 Å². The van der Waals surface area contributed by atoms with Crippen LogP contribution in [0.15, 0.2) is 5.18 Å². The predicted molar refractivity (Wildman–Crippen MR) is 47.5 cm³/mol. The van der Waals surface area contributed by atoms with E-state index in [1.54, 1.807) is 0 Å². The van der Waals surface area contributed by atoms with Gasteiger partial charge in [0.1, 0.15) is 11.3 Å². The average Bonchev–Trinajstić information content (AvgIpc) is 2.45. The molecule has 0 aromatic carbocycles. The van der Waals surface area contributed by atoms with Crippen molar-refractivity contribution in [2.45, 2.75) is 16.7 Å². The Bertz CT molecular complexity index is 201. The summed E-state index contributed by atoms with van der Waals surface area (Å²) in [6.45, 7) is 0. The van der Waals surface area contributed by atoms with Crippen LogP contribution >= 0.6 is 23.4 Å². The van der Waals surface area contributed by atoms with Crippen molar-refractivity contribution in [2.75, 3.05) is 12.9 Å². The van der Waals surface area contributed by atoms with Crippen molar-refractivity contribution in [2.24, 2.45) is 5.18 Å². The van der Waals surface area contributed by atoms with Crippen molar-refractivity contribution >= 4 is 29.3 Å². The Balaban J connectivity index is 2.66. The number of methoxy groups -OCH3 is 1. The fraction of sp³-hybridized carbons (Fsp3) is 0.833. The van der Waals surface area contributed by atoms with Crippen LogP contribution in [0.1, 0.15) is 0 Å². The standard InChI is InChI=1S/C6H8ClNO3S/c1-11-6(9)5-4(8-10)3(7)2-12-5/h3-5H,2H2,1H3. The van der Waals surface area contributed by atoms with Crippen LogP contribution in [0.3, 0.4) is 0 Å². The normalized spacial score (nSPS) is 34.7. The van der Waals surface area contributed by atoms with Gasteiger partial charge in [-0.3, -0.25) is 4.79 Å². The minimum atomic E-state index is -0.649. The summed E-state index contributed by atoms with van der Waals surface area (Å²) in [7, 11) is 1.28. The van der Waals surface area contributed by atoms with Crippen molar-refractivity contribution in [1.82, 2.24) is 0 Å². The first kappa shape index (κ1) is 9.80. The Morgan fingerprint density at radius 2 is 2.42 bits per heavy atom. The van der Waals surface area contributed by atoms with Crippen LogP contribution < -0.4 is 0 Å². The lowest BCUT2D eigenvalue weighted by molar-refractivity contribution is -0.140. The zero-order valence-electron chi connectivity index (χ0n) is 6.40. The van der Waals surface area contributed by atoms with E-state index in [1.165, 1.54) is 18.9 Å². The van der Waals surface area contributed by atoms with Crippen molar-refractivity contribution in [3.8, 4) is 0 Å². The van der Waals surface area contributed by atoms with Crippen LogP contribution in [0, 0.1) is 4.91 Å². The molecule has 1 fully saturated rings. The molecule has 0 radical (unpaired) electrons. The van der Waals surface area contributed by atoms with Crippen LogP contribution in [0.2, 0.25) is 0 Å². The third kappa shape index (κ3) is 1.72. The lowest BCUT2D eigenvalue weighted by Crippen LogP contribution is -2.30. The van der Waals surface area contributed by atoms with E-state index in [1.807, 2.05) is 0 Å². The first-order valence-electron chi connectivity index (χ1n) is 3.36. The molecule has 3 unspecified atom stereocenters. The van der Waals surface area contributed by atoms with E-state index >= 15 is 0 Å². The van der Waals surface area contributed by atoms with E-state index in [0.717, 1.165) is 0 Å². The van der Waals surface area contributed by atoms with E-state index in [9.17, 15) is 9.70 Å². The Labute approximate surface area is 79.0 Å². The molecule has 6 heteroatoms. The smallest absolute Gasteiger partial charge is 0.321 e. The Kier molecular flexibility index (Phi) is 3.34. The molecule has 1 heterocycles. The van der Waals surface area contributed by atoms with Crippen molar-refractivity contribution in [3.05, 3.63) is 4.91 Å². The van der Waals surface area contributed by atoms with Gasteiger partial charge < -0.3 is 4.74 Å². The van der Waals surface area contributed by atoms with Gasteiger partial charge in [-0.1, -0.05) is 5.18 Å². The highest BCUT2D eigenvalue weighted by Crippen LogP contribution is 2.33. The maximum Gasteiger partial charge on any atom is 0.321 e. The number of halogens is 1. The molecule has 0 amide bonds. The highest BCUT2D eigenvalue weighted by molar-refractivity contribution is 8.01. The van der Waals surface area contributed by atoms with Crippen LogP contribution in [0.25, 0.3) is 0 Å². The third-order valence-electron chi connectivity index (χ3n) is 1.67. The summed E-state index contributed by atoms with van der Waals surface area (Å²) in [5.41, 5.74) is 0. The largest absolute Gasteiger partial charge is 0.468 e. The summed E-state index contributed by atoms with van der Waals surface area (Å²) < 4.78 is 4.50. The van der Waals surface area contributed by atoms with Gasteiger partial charge in [0.2, 0.25) is 0 Å². The molecule has 0 saturated carbocycles. The molecule has 0 aliphatic carbocycles. The van der Waals surface area contributed by atoms with E-state index < -0.39 is 17.3 Å². The highest BCUT2D eigenvalue weighted by atomic mass is 35.5. The number of nitroso groups, excluding NO2 is 1. The number of esters is 1. The lowest BCUT2D eigenvalue weighted by atomic mass is 10.1. The summed E-state index contributed by atoms with van der Waals surface area (Å²) in [6.07, 6.45) is 0. The number of thioether (sulfide) groups is 1. The summed E-state index contributed by atoms with van der Waals surface area (Å²) in [5, 5.41) is 1.95. The van der Waals surface area contributed by atoms with Crippen molar-refractivity contribution in [3.63, 3.8) is 0 Å². The second-order valence-electron chi connectivity index (χ2n) is 2.39. The quantitative estimate of drug-likeness (QED) is 0.387. The van der Waals surface area contributed by atoms with Crippen LogP contribution in [-0.2, 0) is 9.53 Å². The van der Waals surface area contributed by atoms with E-state index in [2.05, 4.69) is 9.91 Å². The molecular formula is C6H8ClNO3S. The first-order valence-corrected chi connectivity index (χ1v) is 4.85. The molecule has 1 rings (SSSR count). The number of ether oxygens (including phenoxy) is 1. The predicted octanol–water partition coefficient (Wildman–Crippen LogP) is 1.02. The number of carbonyl (C=O) groups excluding carboxylic acids is 1. The molecule has 12 heavy (non-hydrogen) atoms. The highest BCUT2D eigenvalue weighted by Gasteiger charge is 2.42. The van der Waals surface area contributed by atoms with Gasteiger partial charge in [0, 0.05) is 5.75 Å². The topological polar surface area (TPSA) is 55.7 Å². The molecule has 0 aromatic rings. The Morgan fingerprint density at radius 3 is 2.92 bits per heavy atom. The SMILES string of the molecule is COC(=O)C1SCC(Cl)C1N=O. The third-order valence-corrected chi connectivity index (χ3v) is 3.65. The number of hydrogen-bond acceptors (Lipinski definition) is 5. The molecule has 4 nitrogen and oxygen atoms in total. The average molecular weight is 210 g/mol. The molecular weight excluding hydrogens is 202 g/mol. The van der Waals surface area contributed by atoms with Gasteiger partial charge in [-0.25, -0.2) is 0 Å². The van der Waals surface area contributed by atoms with Crippen LogP contribution in [0.5, 0.6) is 0 Å². The molecule has 3 atom stereocenters. The minimum absolute atomic E-state index is 0.350. The number of alkyl halides is 1. The number of carbonyl (C=O) groups is 1. The van der Waals surface area contributed by atoms with Gasteiger partial charge >= 0.3 is 5.97 Å². The van der Waals surface area contributed by atoms with Gasteiger partial charge in [-0.15, -0.1) is 23.4 Å². The van der Waals surface area contributed by atoms with Crippen molar-refractivity contribution in [1.29, 1.82) is 0 Å². The molecule has 0 aromatic heterocycles. The fourth-order valence-corrected chi connectivity index (χ4v) is 2.78. The van der Waals surface area contributed by atoms with Gasteiger partial charge in [0.05, 0.1) is 12.5 Å². The molecule has 1 saturated heterocycles. The zero-order valence-corrected chi connectivity index (χ0v) is 7.97. The molecule has 1 aliphatic rings. The Morgan fingerprint density at radius 1 is 1.75 bits per heavy atom. The van der Waals surface area contributed by atoms with E-state index in [-0.39, 0.29) is 5.38 Å². The minimum Gasteiger partial charge on any atom is -0.468 e. The summed E-state index contributed by atoms with van der Waals surface area (Å²) >= 11 is 7.07. The summed E-state index contributed by atoms with van der Waals surface area (Å²) in [5.74, 6) is 0.144. The number of hydrogen-bond donors (Lipinski definition) is 0. The fourth-order valence-electron chi connectivity index (χ4n) is 1.03. The summed E-state index contributed by atoms with van der Waals surface area (Å²) in [6, 6.07) is -0.649. The van der Waals surface area contributed by atoms with Gasteiger partial charge in [-0.2, -0.15) is 4.91 Å². The van der Waals surface area contributed by atoms with E-state index in [0.29, 0.717) is 5.75 Å². The maximum absolute atomic E-state index is 11.0. The van der Waals surface area contributed by atoms with E-state index in [4.69, 9.17) is 11.6 Å².